The third kappa shape index (κ3) is 4.07. The molecule has 0 amide bonds. The summed E-state index contributed by atoms with van der Waals surface area (Å²) in [5, 5.41) is 12.6. The molecule has 5 atom stereocenters. The van der Waals surface area contributed by atoms with Crippen LogP contribution in [0.25, 0.3) is 10.4 Å². The van der Waals surface area contributed by atoms with Crippen molar-refractivity contribution in [3.63, 3.8) is 0 Å². The van der Waals surface area contributed by atoms with Gasteiger partial charge in [0.2, 0.25) is 0 Å². The Bertz CT molecular complexity index is 504. The van der Waals surface area contributed by atoms with Gasteiger partial charge in [0.1, 0.15) is 6.04 Å². The van der Waals surface area contributed by atoms with Gasteiger partial charge < -0.3 is 24.1 Å². The molecular formula is C11H15N3O8. The minimum absolute atomic E-state index is 0.732. The normalized spacial score (nSPS) is 30.8. The minimum Gasteiger partial charge on any atom is -0.479 e. The second-order valence-corrected chi connectivity index (χ2v) is 4.34. The summed E-state index contributed by atoms with van der Waals surface area (Å²) in [6, 6.07) is -1.32. The van der Waals surface area contributed by atoms with E-state index in [0.29, 0.717) is 0 Å². The number of esters is 2. The zero-order chi connectivity index (χ0) is 16.9. The van der Waals surface area contributed by atoms with E-state index >= 15 is 0 Å². The first-order valence-corrected chi connectivity index (χ1v) is 6.11. The highest BCUT2D eigenvalue weighted by molar-refractivity contribution is 5.75. The Kier molecular flexibility index (Phi) is 6.11. The second-order valence-electron chi connectivity index (χ2n) is 4.34. The molecule has 1 heterocycles. The summed E-state index contributed by atoms with van der Waals surface area (Å²) in [5.41, 5.74) is 8.65. The topological polar surface area (TPSA) is 157 Å². The summed E-state index contributed by atoms with van der Waals surface area (Å²) in [4.78, 5) is 36.2. The zero-order valence-corrected chi connectivity index (χ0v) is 12.0. The summed E-state index contributed by atoms with van der Waals surface area (Å²) in [5.74, 6) is -2.99. The van der Waals surface area contributed by atoms with Gasteiger partial charge in [-0.05, 0) is 5.53 Å². The van der Waals surface area contributed by atoms with Gasteiger partial charge in [-0.2, -0.15) is 0 Å². The molecule has 0 aromatic rings. The number of nitrogens with zero attached hydrogens (tertiary/aromatic N) is 3. The van der Waals surface area contributed by atoms with Gasteiger partial charge in [-0.3, -0.25) is 9.59 Å². The van der Waals surface area contributed by atoms with Crippen molar-refractivity contribution in [1.82, 2.24) is 0 Å². The molecule has 0 radical (unpaired) electrons. The average Bonchev–Trinajstić information content (AvgIpc) is 2.41. The number of carboxylic acid groups (broad SMARTS) is 1. The highest BCUT2D eigenvalue weighted by atomic mass is 16.7. The SMILES string of the molecule is CO[C@H]1O[C@H](C(=O)O)[C@@H](OC(C)=O)[C@@H](N=[N+]=[N-])[C@H]1OC(C)=O. The number of carbonyl (C=O) groups excluding carboxylic acids is 2. The van der Waals surface area contributed by atoms with E-state index in [9.17, 15) is 19.5 Å². The fourth-order valence-corrected chi connectivity index (χ4v) is 2.05. The largest absolute Gasteiger partial charge is 0.479 e. The molecule has 22 heavy (non-hydrogen) atoms. The van der Waals surface area contributed by atoms with Crippen LogP contribution in [-0.2, 0) is 33.3 Å². The van der Waals surface area contributed by atoms with Crippen LogP contribution in [-0.4, -0.2) is 60.8 Å². The van der Waals surface area contributed by atoms with Crippen molar-refractivity contribution in [3.05, 3.63) is 10.4 Å². The lowest BCUT2D eigenvalue weighted by molar-refractivity contribution is -0.269. The van der Waals surface area contributed by atoms with Gasteiger partial charge in [0.25, 0.3) is 0 Å². The molecule has 1 aliphatic rings. The standard InChI is InChI=1S/C11H15N3O8/c1-4(15)20-7-6(13-14-12)8(21-5(2)16)11(19-3)22-9(7)10(17)18/h6-9,11H,1-3H3,(H,17,18)/t6-,7+,8-,9+,11+/m1/s1. The number of azide groups is 1. The van der Waals surface area contributed by atoms with E-state index < -0.39 is 48.6 Å². The highest BCUT2D eigenvalue weighted by Gasteiger charge is 2.52. The first-order chi connectivity index (χ1) is 10.3. The summed E-state index contributed by atoms with van der Waals surface area (Å²) < 4.78 is 19.9. The lowest BCUT2D eigenvalue weighted by Crippen LogP contribution is -2.61. The molecule has 0 bridgehead atoms. The Labute approximate surface area is 124 Å². The maximum Gasteiger partial charge on any atom is 0.336 e. The lowest BCUT2D eigenvalue weighted by Gasteiger charge is -2.41. The first-order valence-electron chi connectivity index (χ1n) is 6.11. The average molecular weight is 317 g/mol. The fraction of sp³-hybridized carbons (Fsp3) is 0.727. The van der Waals surface area contributed by atoms with Gasteiger partial charge in [-0.25, -0.2) is 4.79 Å². The van der Waals surface area contributed by atoms with E-state index in [1.807, 2.05) is 0 Å². The van der Waals surface area contributed by atoms with Crippen LogP contribution in [0.15, 0.2) is 5.11 Å². The Morgan fingerprint density at radius 2 is 1.73 bits per heavy atom. The Balaban J connectivity index is 3.25. The molecule has 1 aliphatic heterocycles. The van der Waals surface area contributed by atoms with Crippen LogP contribution in [0.5, 0.6) is 0 Å². The Morgan fingerprint density at radius 1 is 1.18 bits per heavy atom. The van der Waals surface area contributed by atoms with Crippen molar-refractivity contribution in [2.45, 2.75) is 44.5 Å². The number of rotatable bonds is 5. The van der Waals surface area contributed by atoms with Crippen LogP contribution in [0.1, 0.15) is 13.8 Å². The summed E-state index contributed by atoms with van der Waals surface area (Å²) in [6.07, 6.45) is -5.68. The van der Waals surface area contributed by atoms with Gasteiger partial charge in [0.05, 0.1) is 0 Å². The smallest absolute Gasteiger partial charge is 0.336 e. The molecule has 122 valence electrons. The molecule has 0 unspecified atom stereocenters. The lowest BCUT2D eigenvalue weighted by atomic mass is 9.96. The minimum atomic E-state index is -1.64. The second kappa shape index (κ2) is 7.59. The fourth-order valence-electron chi connectivity index (χ4n) is 2.05. The number of ether oxygens (including phenoxy) is 4. The molecule has 0 spiro atoms. The van der Waals surface area contributed by atoms with Crippen LogP contribution in [0.2, 0.25) is 0 Å². The van der Waals surface area contributed by atoms with E-state index in [0.717, 1.165) is 13.8 Å². The number of methoxy groups -OCH3 is 1. The van der Waals surface area contributed by atoms with E-state index in [-0.39, 0.29) is 0 Å². The highest BCUT2D eigenvalue weighted by Crippen LogP contribution is 2.29. The summed E-state index contributed by atoms with van der Waals surface area (Å²) >= 11 is 0. The van der Waals surface area contributed by atoms with Gasteiger partial charge in [0.15, 0.2) is 24.6 Å². The van der Waals surface area contributed by atoms with Crippen molar-refractivity contribution < 1.29 is 38.4 Å². The molecule has 1 rings (SSSR count). The van der Waals surface area contributed by atoms with E-state index in [2.05, 4.69) is 10.0 Å². The molecule has 0 aliphatic carbocycles. The number of carbonyl (C=O) groups is 3. The molecular weight excluding hydrogens is 302 g/mol. The van der Waals surface area contributed by atoms with E-state index in [1.165, 1.54) is 7.11 Å². The van der Waals surface area contributed by atoms with Crippen molar-refractivity contribution in [2.75, 3.05) is 7.11 Å². The van der Waals surface area contributed by atoms with Crippen LogP contribution < -0.4 is 0 Å². The summed E-state index contributed by atoms with van der Waals surface area (Å²) in [6.45, 7) is 2.15. The number of hydrogen-bond donors (Lipinski definition) is 1. The van der Waals surface area contributed by atoms with Crippen molar-refractivity contribution in [2.24, 2.45) is 5.11 Å². The third-order valence-corrected chi connectivity index (χ3v) is 2.79. The van der Waals surface area contributed by atoms with Gasteiger partial charge in [0, 0.05) is 25.9 Å². The number of aliphatic carboxylic acids is 1. The molecule has 1 fully saturated rings. The van der Waals surface area contributed by atoms with Gasteiger partial charge >= 0.3 is 17.9 Å². The summed E-state index contributed by atoms with van der Waals surface area (Å²) in [7, 11) is 1.19. The molecule has 0 aromatic carbocycles. The molecule has 1 saturated heterocycles. The maximum atomic E-state index is 11.3. The van der Waals surface area contributed by atoms with Crippen LogP contribution >= 0.6 is 0 Å². The van der Waals surface area contributed by atoms with Crippen LogP contribution in [0.4, 0.5) is 0 Å². The zero-order valence-electron chi connectivity index (χ0n) is 12.0. The van der Waals surface area contributed by atoms with Crippen LogP contribution in [0.3, 0.4) is 0 Å². The number of hydrogen-bond acceptors (Lipinski definition) is 8. The van der Waals surface area contributed by atoms with Crippen molar-refractivity contribution in [3.8, 4) is 0 Å². The van der Waals surface area contributed by atoms with Crippen LogP contribution in [0, 0.1) is 0 Å². The maximum absolute atomic E-state index is 11.3. The van der Waals surface area contributed by atoms with Gasteiger partial charge in [-0.1, -0.05) is 5.11 Å². The quantitative estimate of drug-likeness (QED) is 0.321. The van der Waals surface area contributed by atoms with Crippen molar-refractivity contribution in [1.29, 1.82) is 0 Å². The van der Waals surface area contributed by atoms with Crippen molar-refractivity contribution >= 4 is 17.9 Å². The molecule has 11 nitrogen and oxygen atoms in total. The molecule has 0 aromatic heterocycles. The number of carboxylic acids is 1. The first kappa shape index (κ1) is 17.7. The third-order valence-electron chi connectivity index (χ3n) is 2.79. The van der Waals surface area contributed by atoms with Gasteiger partial charge in [-0.15, -0.1) is 0 Å². The Hall–Kier alpha value is -2.36. The molecule has 0 saturated carbocycles. The molecule has 11 heteroatoms. The predicted octanol–water partition coefficient (Wildman–Crippen LogP) is -0.0154. The predicted molar refractivity (Wildman–Crippen MR) is 67.3 cm³/mol. The monoisotopic (exact) mass is 317 g/mol. The Morgan fingerprint density at radius 3 is 2.14 bits per heavy atom. The molecule has 1 N–H and O–H groups in total. The van der Waals surface area contributed by atoms with E-state index in [4.69, 9.17) is 24.5 Å². The van der Waals surface area contributed by atoms with E-state index in [1.54, 1.807) is 0 Å².